The Labute approximate surface area is 127 Å². The molecule has 1 fully saturated rings. The van der Waals surface area contributed by atoms with Crippen LogP contribution in [0.3, 0.4) is 0 Å². The van der Waals surface area contributed by atoms with Crippen LogP contribution in [0.15, 0.2) is 30.5 Å². The first-order valence-electron chi connectivity index (χ1n) is 6.83. The Morgan fingerprint density at radius 3 is 3.29 bits per heavy atom. The molecule has 3 rings (SSSR count). The summed E-state index contributed by atoms with van der Waals surface area (Å²) < 4.78 is 12.4. The van der Waals surface area contributed by atoms with Crippen molar-refractivity contribution in [3.63, 3.8) is 0 Å². The van der Waals surface area contributed by atoms with Crippen LogP contribution in [0.2, 0.25) is 5.15 Å². The average Bonchev–Trinajstić information content (AvgIpc) is 3.10. The normalized spacial score (nSPS) is 18.6. The third-order valence-electron chi connectivity index (χ3n) is 3.33. The summed E-state index contributed by atoms with van der Waals surface area (Å²) in [5, 5.41) is 0.351. The molecule has 3 heterocycles. The van der Waals surface area contributed by atoms with Crippen LogP contribution in [0.25, 0.3) is 11.7 Å². The minimum atomic E-state index is -0.410. The molecule has 1 aliphatic rings. The first kappa shape index (κ1) is 14.1. The van der Waals surface area contributed by atoms with E-state index in [1.807, 2.05) is 28.8 Å². The Balaban J connectivity index is 1.66. The minimum Gasteiger partial charge on any atom is -0.460 e. The summed E-state index contributed by atoms with van der Waals surface area (Å²) in [6.45, 7) is 1.04. The first-order chi connectivity index (χ1) is 10.2. The third kappa shape index (κ3) is 3.25. The monoisotopic (exact) mass is 306 g/mol. The topological polar surface area (TPSA) is 52.8 Å². The highest BCUT2D eigenvalue weighted by Gasteiger charge is 2.16. The molecule has 0 aromatic carbocycles. The van der Waals surface area contributed by atoms with Gasteiger partial charge in [-0.25, -0.2) is 9.78 Å². The van der Waals surface area contributed by atoms with Crippen molar-refractivity contribution in [3.8, 4) is 0 Å². The highest BCUT2D eigenvalue weighted by atomic mass is 35.5. The largest absolute Gasteiger partial charge is 0.460 e. The number of halogens is 1. The summed E-state index contributed by atoms with van der Waals surface area (Å²) in [6.07, 6.45) is 6.80. The molecule has 110 valence electrons. The summed E-state index contributed by atoms with van der Waals surface area (Å²) in [5.41, 5.74) is 1.39. The van der Waals surface area contributed by atoms with Crippen molar-refractivity contribution in [1.29, 1.82) is 0 Å². The fourth-order valence-electron chi connectivity index (χ4n) is 2.28. The Hall–Kier alpha value is -1.85. The Bertz CT molecular complexity index is 675. The van der Waals surface area contributed by atoms with E-state index < -0.39 is 5.97 Å². The van der Waals surface area contributed by atoms with Gasteiger partial charge in [-0.1, -0.05) is 17.7 Å². The van der Waals surface area contributed by atoms with Crippen LogP contribution < -0.4 is 0 Å². The number of fused-ring (bicyclic) bond motifs is 1. The van der Waals surface area contributed by atoms with Crippen LogP contribution in [0.4, 0.5) is 0 Å². The number of carbonyl (C=O) groups is 1. The minimum absolute atomic E-state index is 0.0294. The average molecular weight is 307 g/mol. The maximum absolute atomic E-state index is 11.7. The lowest BCUT2D eigenvalue weighted by atomic mass is 10.2. The highest BCUT2D eigenvalue weighted by Crippen LogP contribution is 2.19. The van der Waals surface area contributed by atoms with Crippen molar-refractivity contribution in [3.05, 3.63) is 41.3 Å². The Kier molecular flexibility index (Phi) is 4.22. The number of nitrogens with zero attached hydrogens (tertiary/aromatic N) is 2. The van der Waals surface area contributed by atoms with E-state index in [1.165, 1.54) is 6.08 Å². The number of rotatable bonds is 4. The van der Waals surface area contributed by atoms with Gasteiger partial charge in [0.1, 0.15) is 12.3 Å². The van der Waals surface area contributed by atoms with E-state index >= 15 is 0 Å². The first-order valence-corrected chi connectivity index (χ1v) is 7.21. The highest BCUT2D eigenvalue weighted by molar-refractivity contribution is 6.31. The number of ether oxygens (including phenoxy) is 2. The van der Waals surface area contributed by atoms with Crippen molar-refractivity contribution in [2.45, 2.75) is 18.9 Å². The zero-order valence-electron chi connectivity index (χ0n) is 11.4. The van der Waals surface area contributed by atoms with Gasteiger partial charge in [-0.2, -0.15) is 0 Å². The standard InChI is InChI=1S/C15H15ClN2O3/c16-15-12(18-8-2-1-5-13(18)17-15)6-7-14(19)21-10-11-4-3-9-20-11/h1-2,5-8,11H,3-4,9-10H2/b7-6+. The fraction of sp³-hybridized carbons (Fsp3) is 0.333. The number of aromatic nitrogens is 2. The second kappa shape index (κ2) is 6.28. The van der Waals surface area contributed by atoms with Gasteiger partial charge in [0.25, 0.3) is 0 Å². The molecule has 0 amide bonds. The summed E-state index contributed by atoms with van der Waals surface area (Å²) in [7, 11) is 0. The van der Waals surface area contributed by atoms with E-state index in [2.05, 4.69) is 4.98 Å². The summed E-state index contributed by atoms with van der Waals surface area (Å²) in [4.78, 5) is 15.9. The summed E-state index contributed by atoms with van der Waals surface area (Å²) in [6, 6.07) is 5.60. The van der Waals surface area contributed by atoms with E-state index in [0.29, 0.717) is 17.5 Å². The van der Waals surface area contributed by atoms with E-state index in [-0.39, 0.29) is 6.10 Å². The molecule has 1 atom stereocenters. The Morgan fingerprint density at radius 2 is 2.48 bits per heavy atom. The van der Waals surface area contributed by atoms with Crippen LogP contribution in [0.5, 0.6) is 0 Å². The number of hydrogen-bond acceptors (Lipinski definition) is 4. The van der Waals surface area contributed by atoms with Crippen LogP contribution in [0, 0.1) is 0 Å². The molecule has 6 heteroatoms. The maximum Gasteiger partial charge on any atom is 0.330 e. The van der Waals surface area contributed by atoms with Gasteiger partial charge in [0.15, 0.2) is 5.15 Å². The maximum atomic E-state index is 11.7. The van der Waals surface area contributed by atoms with Gasteiger partial charge in [0.2, 0.25) is 0 Å². The zero-order chi connectivity index (χ0) is 14.7. The molecule has 21 heavy (non-hydrogen) atoms. The van der Waals surface area contributed by atoms with Gasteiger partial charge >= 0.3 is 5.97 Å². The van der Waals surface area contributed by atoms with Crippen molar-refractivity contribution >= 4 is 29.3 Å². The van der Waals surface area contributed by atoms with E-state index in [0.717, 1.165) is 25.1 Å². The molecule has 0 radical (unpaired) electrons. The molecule has 1 saturated heterocycles. The van der Waals surface area contributed by atoms with Crippen LogP contribution in [0.1, 0.15) is 18.5 Å². The molecule has 1 aliphatic heterocycles. The summed E-state index contributed by atoms with van der Waals surface area (Å²) in [5.74, 6) is -0.410. The van der Waals surface area contributed by atoms with E-state index in [4.69, 9.17) is 21.1 Å². The smallest absolute Gasteiger partial charge is 0.330 e. The summed E-state index contributed by atoms with van der Waals surface area (Å²) >= 11 is 6.08. The molecular weight excluding hydrogens is 292 g/mol. The molecule has 0 aliphatic carbocycles. The number of esters is 1. The van der Waals surface area contributed by atoms with Crippen molar-refractivity contribution in [2.24, 2.45) is 0 Å². The van der Waals surface area contributed by atoms with Gasteiger partial charge in [-0.15, -0.1) is 0 Å². The lowest BCUT2D eigenvalue weighted by Gasteiger charge is -2.08. The SMILES string of the molecule is O=C(/C=C/c1c(Cl)nc2ccccn12)OCC1CCCO1. The van der Waals surface area contributed by atoms with Gasteiger partial charge in [0, 0.05) is 18.9 Å². The van der Waals surface area contributed by atoms with Crippen LogP contribution in [-0.2, 0) is 14.3 Å². The third-order valence-corrected chi connectivity index (χ3v) is 3.61. The van der Waals surface area contributed by atoms with Crippen molar-refractivity contribution < 1.29 is 14.3 Å². The van der Waals surface area contributed by atoms with E-state index in [9.17, 15) is 4.79 Å². The fourth-order valence-corrected chi connectivity index (χ4v) is 2.52. The molecule has 1 unspecified atom stereocenters. The van der Waals surface area contributed by atoms with E-state index in [1.54, 1.807) is 6.08 Å². The predicted octanol–water partition coefficient (Wildman–Crippen LogP) is 2.72. The molecular formula is C15H15ClN2O3. The lowest BCUT2D eigenvalue weighted by Crippen LogP contribution is -2.16. The Morgan fingerprint density at radius 1 is 1.57 bits per heavy atom. The van der Waals surface area contributed by atoms with Gasteiger partial charge in [-0.3, -0.25) is 4.40 Å². The molecule has 0 bridgehead atoms. The predicted molar refractivity (Wildman–Crippen MR) is 79.2 cm³/mol. The van der Waals surface area contributed by atoms with Gasteiger partial charge in [0.05, 0.1) is 11.8 Å². The van der Waals surface area contributed by atoms with Crippen molar-refractivity contribution in [1.82, 2.24) is 9.38 Å². The zero-order valence-corrected chi connectivity index (χ0v) is 12.1. The number of hydrogen-bond donors (Lipinski definition) is 0. The molecule has 5 nitrogen and oxygen atoms in total. The quantitative estimate of drug-likeness (QED) is 0.644. The number of imidazole rings is 1. The molecule has 0 spiro atoms. The molecule has 0 N–H and O–H groups in total. The molecule has 0 saturated carbocycles. The number of carbonyl (C=O) groups excluding carboxylic acids is 1. The molecule has 2 aromatic heterocycles. The van der Waals surface area contributed by atoms with Gasteiger partial charge in [-0.05, 0) is 31.1 Å². The second-order valence-corrected chi connectivity index (χ2v) is 5.17. The molecule has 2 aromatic rings. The lowest BCUT2D eigenvalue weighted by molar-refractivity contribution is -0.140. The van der Waals surface area contributed by atoms with Gasteiger partial charge < -0.3 is 9.47 Å². The van der Waals surface area contributed by atoms with Crippen LogP contribution >= 0.6 is 11.6 Å². The van der Waals surface area contributed by atoms with Crippen molar-refractivity contribution in [2.75, 3.05) is 13.2 Å². The second-order valence-electron chi connectivity index (χ2n) is 4.82. The number of pyridine rings is 1. The van der Waals surface area contributed by atoms with Crippen LogP contribution in [-0.4, -0.2) is 34.7 Å².